The van der Waals surface area contributed by atoms with Crippen molar-refractivity contribution in [1.82, 2.24) is 0 Å². The average molecular weight is 335 g/mol. The van der Waals surface area contributed by atoms with Crippen molar-refractivity contribution in [2.24, 2.45) is 0 Å². The van der Waals surface area contributed by atoms with Gasteiger partial charge in [0.05, 0.1) is 17.7 Å². The zero-order valence-electron chi connectivity index (χ0n) is 14.4. The van der Waals surface area contributed by atoms with Gasteiger partial charge in [0, 0.05) is 25.0 Å². The first-order valence-corrected chi connectivity index (χ1v) is 8.33. The first kappa shape index (κ1) is 17.0. The molecule has 5 heteroatoms. The van der Waals surface area contributed by atoms with Gasteiger partial charge in [0.1, 0.15) is 6.04 Å². The quantitative estimate of drug-likeness (QED) is 0.908. The highest BCUT2D eigenvalue weighted by molar-refractivity contribution is 6.01. The molecule has 2 atom stereocenters. The van der Waals surface area contributed by atoms with Crippen molar-refractivity contribution in [2.45, 2.75) is 25.5 Å². The van der Waals surface area contributed by atoms with Crippen molar-refractivity contribution >= 4 is 17.3 Å². The number of anilines is 2. The number of nitrogens with one attached hydrogen (secondary N) is 1. The van der Waals surface area contributed by atoms with E-state index in [0.29, 0.717) is 12.1 Å². The first-order valence-electron chi connectivity index (χ1n) is 8.33. The Balaban J connectivity index is 1.71. The summed E-state index contributed by atoms with van der Waals surface area (Å²) >= 11 is 0. The largest absolute Gasteiger partial charge is 0.377 e. The van der Waals surface area contributed by atoms with Crippen LogP contribution in [-0.4, -0.2) is 25.6 Å². The molecule has 1 heterocycles. The fourth-order valence-corrected chi connectivity index (χ4v) is 3.00. The third-order valence-corrected chi connectivity index (χ3v) is 4.56. The molecule has 1 amide bonds. The van der Waals surface area contributed by atoms with E-state index in [0.717, 1.165) is 23.4 Å². The van der Waals surface area contributed by atoms with E-state index < -0.39 is 0 Å². The zero-order chi connectivity index (χ0) is 17.8. The Hall–Kier alpha value is -2.84. The summed E-state index contributed by atoms with van der Waals surface area (Å²) in [5.41, 5.74) is 3.41. The summed E-state index contributed by atoms with van der Waals surface area (Å²) in [6, 6.07) is 16.9. The molecule has 1 fully saturated rings. The predicted octanol–water partition coefficient (Wildman–Crippen LogP) is 3.48. The van der Waals surface area contributed by atoms with Crippen LogP contribution in [0.5, 0.6) is 0 Å². The van der Waals surface area contributed by atoms with Gasteiger partial charge in [-0.15, -0.1) is 0 Å². The van der Waals surface area contributed by atoms with E-state index in [4.69, 9.17) is 10.00 Å². The summed E-state index contributed by atoms with van der Waals surface area (Å²) in [4.78, 5) is 14.5. The van der Waals surface area contributed by atoms with Crippen molar-refractivity contribution in [3.63, 3.8) is 0 Å². The van der Waals surface area contributed by atoms with E-state index in [1.165, 1.54) is 0 Å². The van der Waals surface area contributed by atoms with Crippen LogP contribution in [0.2, 0.25) is 0 Å². The topological polar surface area (TPSA) is 65.4 Å². The molecule has 0 aliphatic carbocycles. The van der Waals surface area contributed by atoms with Crippen LogP contribution in [0.3, 0.4) is 0 Å². The molecule has 1 aliphatic heterocycles. The number of methoxy groups -OCH3 is 1. The molecule has 2 aromatic rings. The molecule has 1 aliphatic rings. The Labute approximate surface area is 147 Å². The molecule has 0 radical (unpaired) electrons. The molecule has 2 aromatic carbocycles. The van der Waals surface area contributed by atoms with Crippen LogP contribution in [0.15, 0.2) is 48.5 Å². The van der Waals surface area contributed by atoms with Gasteiger partial charge in [-0.2, -0.15) is 5.26 Å². The molecule has 0 spiro atoms. The average Bonchev–Trinajstić information content (AvgIpc) is 3.02. The maximum absolute atomic E-state index is 12.7. The second-order valence-corrected chi connectivity index (χ2v) is 6.14. The van der Waals surface area contributed by atoms with Crippen LogP contribution in [-0.2, 0) is 9.53 Å². The Kier molecular flexibility index (Phi) is 5.01. The van der Waals surface area contributed by atoms with Crippen LogP contribution < -0.4 is 10.2 Å². The van der Waals surface area contributed by atoms with E-state index in [-0.39, 0.29) is 18.1 Å². The molecule has 5 nitrogen and oxygen atoms in total. The summed E-state index contributed by atoms with van der Waals surface area (Å²) in [6.07, 6.45) is 0.749. The molecular weight excluding hydrogens is 314 g/mol. The van der Waals surface area contributed by atoms with Gasteiger partial charge in [0.25, 0.3) is 0 Å². The number of ether oxygens (including phenoxy) is 1. The van der Waals surface area contributed by atoms with Crippen molar-refractivity contribution in [3.8, 4) is 6.07 Å². The lowest BCUT2D eigenvalue weighted by Crippen LogP contribution is -2.33. The number of carbonyl (C=O) groups is 1. The zero-order valence-corrected chi connectivity index (χ0v) is 14.4. The lowest BCUT2D eigenvalue weighted by atomic mass is 10.1. The second kappa shape index (κ2) is 7.37. The fourth-order valence-electron chi connectivity index (χ4n) is 3.00. The molecule has 3 rings (SSSR count). The van der Waals surface area contributed by atoms with Crippen molar-refractivity contribution in [1.29, 1.82) is 5.26 Å². The number of nitrogens with zero attached hydrogens (tertiary/aromatic N) is 2. The summed E-state index contributed by atoms with van der Waals surface area (Å²) in [6.45, 7) is 2.66. The number of rotatable bonds is 5. The Morgan fingerprint density at radius 3 is 2.72 bits per heavy atom. The molecule has 1 N–H and O–H groups in total. The van der Waals surface area contributed by atoms with Crippen molar-refractivity contribution in [3.05, 3.63) is 59.7 Å². The maximum atomic E-state index is 12.7. The third kappa shape index (κ3) is 3.65. The van der Waals surface area contributed by atoms with Gasteiger partial charge >= 0.3 is 0 Å². The van der Waals surface area contributed by atoms with Crippen LogP contribution in [0.4, 0.5) is 11.4 Å². The second-order valence-electron chi connectivity index (χ2n) is 6.14. The van der Waals surface area contributed by atoms with E-state index >= 15 is 0 Å². The van der Waals surface area contributed by atoms with E-state index in [2.05, 4.69) is 11.4 Å². The van der Waals surface area contributed by atoms with Crippen LogP contribution in [0.25, 0.3) is 0 Å². The molecular formula is C20H21N3O2. The normalized spacial score (nSPS) is 18.0. The van der Waals surface area contributed by atoms with E-state index in [1.54, 1.807) is 24.1 Å². The summed E-state index contributed by atoms with van der Waals surface area (Å²) in [5.74, 6) is 0.0508. The van der Waals surface area contributed by atoms with E-state index in [9.17, 15) is 4.79 Å². The van der Waals surface area contributed by atoms with Gasteiger partial charge in [-0.3, -0.25) is 4.79 Å². The van der Waals surface area contributed by atoms with Crippen LogP contribution >= 0.6 is 0 Å². The lowest BCUT2D eigenvalue weighted by molar-refractivity contribution is -0.117. The summed E-state index contributed by atoms with van der Waals surface area (Å²) < 4.78 is 5.35. The van der Waals surface area contributed by atoms with Crippen molar-refractivity contribution in [2.75, 3.05) is 23.9 Å². The molecule has 0 saturated carbocycles. The molecule has 0 aromatic heterocycles. The smallest absolute Gasteiger partial charge is 0.249 e. The van der Waals surface area contributed by atoms with Gasteiger partial charge < -0.3 is 15.0 Å². The standard InChI is InChI=1S/C20H21N3O2/c1-14(25-2)16-4-3-5-17(12-16)22-19-10-11-23(20(19)24)18-8-6-15(13-21)7-9-18/h3-9,12,14,19,22H,10-11H2,1-2H3. The van der Waals surface area contributed by atoms with Gasteiger partial charge in [0.2, 0.25) is 5.91 Å². The highest BCUT2D eigenvalue weighted by Crippen LogP contribution is 2.25. The predicted molar refractivity (Wildman–Crippen MR) is 97.4 cm³/mol. The van der Waals surface area contributed by atoms with Crippen molar-refractivity contribution < 1.29 is 9.53 Å². The van der Waals surface area contributed by atoms with Crippen LogP contribution in [0.1, 0.15) is 30.6 Å². The number of hydrogen-bond acceptors (Lipinski definition) is 4. The number of carbonyl (C=O) groups excluding carboxylic acids is 1. The summed E-state index contributed by atoms with van der Waals surface area (Å²) in [5, 5.41) is 12.2. The monoisotopic (exact) mass is 335 g/mol. The fraction of sp³-hybridized carbons (Fsp3) is 0.300. The first-order chi connectivity index (χ1) is 12.1. The van der Waals surface area contributed by atoms with Crippen LogP contribution in [0, 0.1) is 11.3 Å². The Bertz CT molecular complexity index is 795. The van der Waals surface area contributed by atoms with Gasteiger partial charge in [-0.1, -0.05) is 12.1 Å². The highest BCUT2D eigenvalue weighted by Gasteiger charge is 2.32. The minimum atomic E-state index is -0.247. The van der Waals surface area contributed by atoms with Gasteiger partial charge in [-0.05, 0) is 55.3 Å². The highest BCUT2D eigenvalue weighted by atomic mass is 16.5. The minimum Gasteiger partial charge on any atom is -0.377 e. The molecule has 128 valence electrons. The summed E-state index contributed by atoms with van der Waals surface area (Å²) in [7, 11) is 1.68. The molecule has 0 bridgehead atoms. The minimum absolute atomic E-state index is 0.0103. The van der Waals surface area contributed by atoms with Gasteiger partial charge in [0.15, 0.2) is 0 Å². The third-order valence-electron chi connectivity index (χ3n) is 4.56. The molecule has 1 saturated heterocycles. The van der Waals surface area contributed by atoms with Gasteiger partial charge in [-0.25, -0.2) is 0 Å². The number of benzene rings is 2. The Morgan fingerprint density at radius 2 is 2.04 bits per heavy atom. The maximum Gasteiger partial charge on any atom is 0.249 e. The molecule has 25 heavy (non-hydrogen) atoms. The lowest BCUT2D eigenvalue weighted by Gasteiger charge is -2.18. The number of nitriles is 1. The number of hydrogen-bond donors (Lipinski definition) is 1. The van der Waals surface area contributed by atoms with E-state index in [1.807, 2.05) is 43.3 Å². The Morgan fingerprint density at radius 1 is 1.28 bits per heavy atom. The molecule has 2 unspecified atom stereocenters. The number of amides is 1. The SMILES string of the molecule is COC(C)c1cccc(NC2CCN(c3ccc(C#N)cc3)C2=O)c1.